The standard InChI is InChI=1S/C22H14ClF3N4O2S/c23-14-7-5-13(6-8-14)12-32-21-30-29-20(33-21)28-19(31)17-11-27-10-9-15(17)16-3-1-2-4-18(16)22(24,25)26/h1-11H,12H2,(H,28,29,31). The molecule has 2 aromatic carbocycles. The summed E-state index contributed by atoms with van der Waals surface area (Å²) in [6.45, 7) is 0.223. The average molecular weight is 491 g/mol. The van der Waals surface area contributed by atoms with E-state index < -0.39 is 17.6 Å². The summed E-state index contributed by atoms with van der Waals surface area (Å²) in [5.74, 6) is -0.671. The summed E-state index contributed by atoms with van der Waals surface area (Å²) < 4.78 is 46.0. The smallest absolute Gasteiger partial charge is 0.417 e. The third-order valence-electron chi connectivity index (χ3n) is 4.49. The van der Waals surface area contributed by atoms with E-state index >= 15 is 0 Å². The largest absolute Gasteiger partial charge is 0.464 e. The number of ether oxygens (including phenoxy) is 1. The van der Waals surface area contributed by atoms with Gasteiger partial charge in [-0.1, -0.05) is 47.0 Å². The highest BCUT2D eigenvalue weighted by Gasteiger charge is 2.34. The van der Waals surface area contributed by atoms with E-state index in [9.17, 15) is 18.0 Å². The van der Waals surface area contributed by atoms with E-state index in [2.05, 4.69) is 20.5 Å². The van der Waals surface area contributed by atoms with Crippen LogP contribution < -0.4 is 10.1 Å². The highest BCUT2D eigenvalue weighted by atomic mass is 35.5. The van der Waals surface area contributed by atoms with Crippen LogP contribution in [-0.2, 0) is 12.8 Å². The van der Waals surface area contributed by atoms with Crippen molar-refractivity contribution in [2.24, 2.45) is 0 Å². The lowest BCUT2D eigenvalue weighted by atomic mass is 9.96. The quantitative estimate of drug-likeness (QED) is 0.353. The Labute approximate surface area is 195 Å². The lowest BCUT2D eigenvalue weighted by Gasteiger charge is -2.15. The highest BCUT2D eigenvalue weighted by molar-refractivity contribution is 7.17. The molecule has 0 spiro atoms. The first-order chi connectivity index (χ1) is 15.8. The molecule has 4 rings (SSSR count). The van der Waals surface area contributed by atoms with Gasteiger partial charge in [0.2, 0.25) is 5.13 Å². The van der Waals surface area contributed by atoms with Crippen LogP contribution in [0.2, 0.25) is 5.02 Å². The number of carbonyl (C=O) groups is 1. The number of aromatic nitrogens is 3. The molecule has 0 aliphatic rings. The lowest BCUT2D eigenvalue weighted by Crippen LogP contribution is -2.14. The van der Waals surface area contributed by atoms with Crippen LogP contribution >= 0.6 is 22.9 Å². The Morgan fingerprint density at radius 3 is 2.55 bits per heavy atom. The van der Waals surface area contributed by atoms with Gasteiger partial charge in [-0.05, 0) is 52.3 Å². The summed E-state index contributed by atoms with van der Waals surface area (Å²) >= 11 is 6.84. The zero-order valence-corrected chi connectivity index (χ0v) is 18.2. The summed E-state index contributed by atoms with van der Waals surface area (Å²) in [6.07, 6.45) is -2.05. The zero-order valence-electron chi connectivity index (χ0n) is 16.6. The van der Waals surface area contributed by atoms with Gasteiger partial charge in [0.1, 0.15) is 6.61 Å². The number of anilines is 1. The maximum Gasteiger partial charge on any atom is 0.417 e. The molecule has 0 atom stereocenters. The van der Waals surface area contributed by atoms with Crippen LogP contribution in [0, 0.1) is 0 Å². The second kappa shape index (κ2) is 9.55. The number of hydrogen-bond acceptors (Lipinski definition) is 6. The highest BCUT2D eigenvalue weighted by Crippen LogP contribution is 2.38. The van der Waals surface area contributed by atoms with Crippen LogP contribution in [0.4, 0.5) is 18.3 Å². The summed E-state index contributed by atoms with van der Waals surface area (Å²) in [6, 6.07) is 13.5. The fourth-order valence-corrected chi connectivity index (χ4v) is 3.70. The Hall–Kier alpha value is -3.50. The molecule has 1 N–H and O–H groups in total. The van der Waals surface area contributed by atoms with Crippen LogP contribution in [0.25, 0.3) is 11.1 Å². The number of carbonyl (C=O) groups excluding carboxylic acids is 1. The number of hydrogen-bond donors (Lipinski definition) is 1. The van der Waals surface area contributed by atoms with Crippen LogP contribution in [0.5, 0.6) is 5.19 Å². The molecule has 0 aliphatic carbocycles. The van der Waals surface area contributed by atoms with Crippen LogP contribution in [0.1, 0.15) is 21.5 Å². The van der Waals surface area contributed by atoms with Gasteiger partial charge in [0.15, 0.2) is 0 Å². The fraction of sp³-hybridized carbons (Fsp3) is 0.0909. The Kier molecular flexibility index (Phi) is 6.57. The van der Waals surface area contributed by atoms with E-state index in [0.29, 0.717) is 5.02 Å². The van der Waals surface area contributed by atoms with E-state index in [1.165, 1.54) is 36.7 Å². The molecule has 0 saturated heterocycles. The second-order valence-electron chi connectivity index (χ2n) is 6.71. The molecule has 0 unspecified atom stereocenters. The number of benzene rings is 2. The first-order valence-corrected chi connectivity index (χ1v) is 10.6. The topological polar surface area (TPSA) is 77.0 Å². The van der Waals surface area contributed by atoms with Gasteiger partial charge in [-0.15, -0.1) is 5.10 Å². The van der Waals surface area contributed by atoms with Gasteiger partial charge in [-0.3, -0.25) is 15.1 Å². The molecule has 0 fully saturated rings. The van der Waals surface area contributed by atoms with Gasteiger partial charge < -0.3 is 4.74 Å². The van der Waals surface area contributed by atoms with Gasteiger partial charge in [0, 0.05) is 17.4 Å². The minimum Gasteiger partial charge on any atom is -0.464 e. The molecule has 6 nitrogen and oxygen atoms in total. The predicted molar refractivity (Wildman–Crippen MR) is 118 cm³/mol. The Balaban J connectivity index is 1.51. The summed E-state index contributed by atoms with van der Waals surface area (Å²) in [4.78, 5) is 16.7. The summed E-state index contributed by atoms with van der Waals surface area (Å²) in [5.41, 5.74) is -0.0449. The van der Waals surface area contributed by atoms with Crippen molar-refractivity contribution in [1.82, 2.24) is 15.2 Å². The molecule has 33 heavy (non-hydrogen) atoms. The van der Waals surface area contributed by atoms with E-state index in [1.54, 1.807) is 24.3 Å². The van der Waals surface area contributed by atoms with Crippen molar-refractivity contribution >= 4 is 34.0 Å². The normalized spacial score (nSPS) is 11.3. The number of nitrogens with one attached hydrogen (secondary N) is 1. The van der Waals surface area contributed by atoms with Gasteiger partial charge in [-0.25, -0.2) is 0 Å². The Morgan fingerprint density at radius 1 is 1.03 bits per heavy atom. The third kappa shape index (κ3) is 5.47. The monoisotopic (exact) mass is 490 g/mol. The Morgan fingerprint density at radius 2 is 1.79 bits per heavy atom. The fourth-order valence-electron chi connectivity index (χ4n) is 2.98. The minimum atomic E-state index is -4.58. The summed E-state index contributed by atoms with van der Waals surface area (Å²) in [7, 11) is 0. The number of amides is 1. The zero-order chi connectivity index (χ0) is 23.4. The first kappa shape index (κ1) is 22.7. The van der Waals surface area contributed by atoms with Gasteiger partial charge in [0.05, 0.1) is 11.1 Å². The molecule has 0 radical (unpaired) electrons. The van der Waals surface area contributed by atoms with Crippen LogP contribution in [0.15, 0.2) is 67.0 Å². The predicted octanol–water partition coefficient (Wildman–Crippen LogP) is 6.10. The van der Waals surface area contributed by atoms with Crippen molar-refractivity contribution in [1.29, 1.82) is 0 Å². The van der Waals surface area contributed by atoms with E-state index in [0.717, 1.165) is 23.0 Å². The maximum absolute atomic E-state index is 13.5. The molecule has 11 heteroatoms. The van der Waals surface area contributed by atoms with Crippen molar-refractivity contribution < 1.29 is 22.7 Å². The first-order valence-electron chi connectivity index (χ1n) is 9.44. The van der Waals surface area contributed by atoms with Crippen molar-refractivity contribution in [3.8, 4) is 16.3 Å². The molecule has 0 saturated carbocycles. The van der Waals surface area contributed by atoms with Crippen molar-refractivity contribution in [2.75, 3.05) is 5.32 Å². The van der Waals surface area contributed by atoms with Crippen molar-refractivity contribution in [2.45, 2.75) is 12.8 Å². The van der Waals surface area contributed by atoms with E-state index in [4.69, 9.17) is 16.3 Å². The number of halogens is 4. The maximum atomic E-state index is 13.5. The molecule has 168 valence electrons. The van der Waals surface area contributed by atoms with Crippen molar-refractivity contribution in [3.05, 3.63) is 88.7 Å². The van der Waals surface area contributed by atoms with Crippen LogP contribution in [-0.4, -0.2) is 21.1 Å². The molecule has 4 aromatic rings. The number of nitrogens with zero attached hydrogens (tertiary/aromatic N) is 3. The number of rotatable bonds is 6. The molecule has 1 amide bonds. The number of alkyl halides is 3. The molecule has 0 aliphatic heterocycles. The molecular formula is C22H14ClF3N4O2S. The van der Waals surface area contributed by atoms with Crippen molar-refractivity contribution in [3.63, 3.8) is 0 Å². The molecule has 2 heterocycles. The van der Waals surface area contributed by atoms with Gasteiger partial charge in [0.25, 0.3) is 11.1 Å². The van der Waals surface area contributed by atoms with Gasteiger partial charge in [-0.2, -0.15) is 13.2 Å². The van der Waals surface area contributed by atoms with Crippen LogP contribution in [0.3, 0.4) is 0 Å². The third-order valence-corrected chi connectivity index (χ3v) is 5.49. The van der Waals surface area contributed by atoms with E-state index in [-0.39, 0.29) is 33.6 Å². The lowest BCUT2D eigenvalue weighted by molar-refractivity contribution is -0.137. The average Bonchev–Trinajstić information content (AvgIpc) is 3.25. The summed E-state index contributed by atoms with van der Waals surface area (Å²) in [5, 5.41) is 11.2. The minimum absolute atomic E-state index is 0.0342. The SMILES string of the molecule is O=C(Nc1nnc(OCc2ccc(Cl)cc2)s1)c1cnccc1-c1ccccc1C(F)(F)F. The number of pyridine rings is 1. The van der Waals surface area contributed by atoms with E-state index in [1.807, 2.05) is 0 Å². The second-order valence-corrected chi connectivity index (χ2v) is 8.08. The molecular weight excluding hydrogens is 477 g/mol. The van der Waals surface area contributed by atoms with Gasteiger partial charge >= 0.3 is 6.18 Å². The molecule has 0 bridgehead atoms. The Bertz CT molecular complexity index is 1280. The molecule has 2 aromatic heterocycles.